The molecule has 0 aliphatic heterocycles. The Morgan fingerprint density at radius 1 is 0.800 bits per heavy atom. The Morgan fingerprint density at radius 3 is 2.15 bits per heavy atom. The van der Waals surface area contributed by atoms with Crippen LogP contribution in [0.25, 0.3) is 0 Å². The van der Waals surface area contributed by atoms with E-state index in [9.17, 15) is 4.79 Å². The van der Waals surface area contributed by atoms with Gasteiger partial charge in [0.05, 0.1) is 6.26 Å². The van der Waals surface area contributed by atoms with Crippen molar-refractivity contribution in [2.75, 3.05) is 0 Å². The van der Waals surface area contributed by atoms with E-state index in [1.165, 1.54) is 17.4 Å². The normalized spacial score (nSPS) is 10.4. The lowest BCUT2D eigenvalue weighted by Gasteiger charge is -2.03. The summed E-state index contributed by atoms with van der Waals surface area (Å²) in [6.07, 6.45) is 2.38. The lowest BCUT2D eigenvalue weighted by molar-refractivity contribution is 0.101. The van der Waals surface area contributed by atoms with Crippen molar-refractivity contribution in [2.24, 2.45) is 0 Å². The molecule has 0 N–H and O–H groups in total. The second-order valence-corrected chi connectivity index (χ2v) is 4.67. The van der Waals surface area contributed by atoms with Gasteiger partial charge in [0, 0.05) is 5.56 Å². The third-order valence-corrected chi connectivity index (χ3v) is 3.21. The van der Waals surface area contributed by atoms with Gasteiger partial charge in [-0.1, -0.05) is 54.6 Å². The van der Waals surface area contributed by atoms with Crippen LogP contribution in [-0.2, 0) is 6.42 Å². The first-order valence-electron chi connectivity index (χ1n) is 6.54. The molecule has 20 heavy (non-hydrogen) atoms. The maximum atomic E-state index is 12.1. The number of hydrogen-bond donors (Lipinski definition) is 0. The van der Waals surface area contributed by atoms with Crippen LogP contribution in [0, 0.1) is 0 Å². The van der Waals surface area contributed by atoms with E-state index in [0.717, 1.165) is 6.42 Å². The van der Waals surface area contributed by atoms with Crippen LogP contribution in [0.3, 0.4) is 0 Å². The van der Waals surface area contributed by atoms with Crippen molar-refractivity contribution in [2.45, 2.75) is 6.42 Å². The van der Waals surface area contributed by atoms with Crippen molar-refractivity contribution in [3.8, 4) is 0 Å². The molecule has 0 aliphatic carbocycles. The molecule has 2 aromatic carbocycles. The molecule has 0 amide bonds. The summed E-state index contributed by atoms with van der Waals surface area (Å²) < 4.78 is 5.13. The zero-order chi connectivity index (χ0) is 13.8. The molecule has 0 spiro atoms. The molecule has 98 valence electrons. The van der Waals surface area contributed by atoms with Gasteiger partial charge >= 0.3 is 0 Å². The van der Waals surface area contributed by atoms with Crippen molar-refractivity contribution in [3.05, 3.63) is 95.4 Å². The monoisotopic (exact) mass is 262 g/mol. The fraction of sp³-hybridized carbons (Fsp3) is 0.0556. The zero-order valence-electron chi connectivity index (χ0n) is 11.0. The number of carbonyl (C=O) groups excluding carboxylic acids is 1. The molecule has 0 radical (unpaired) electrons. The van der Waals surface area contributed by atoms with Gasteiger partial charge in [0.1, 0.15) is 0 Å². The minimum atomic E-state index is -0.0822. The Labute approximate surface area is 117 Å². The van der Waals surface area contributed by atoms with Crippen molar-refractivity contribution < 1.29 is 9.21 Å². The van der Waals surface area contributed by atoms with Crippen molar-refractivity contribution in [1.29, 1.82) is 0 Å². The Bertz CT molecular complexity index is 680. The molecule has 0 atom stereocenters. The van der Waals surface area contributed by atoms with Gasteiger partial charge < -0.3 is 4.42 Å². The predicted molar refractivity (Wildman–Crippen MR) is 77.8 cm³/mol. The molecule has 0 saturated heterocycles. The first-order chi connectivity index (χ1) is 9.83. The third-order valence-electron chi connectivity index (χ3n) is 3.21. The highest BCUT2D eigenvalue weighted by atomic mass is 16.3. The second-order valence-electron chi connectivity index (χ2n) is 4.67. The summed E-state index contributed by atoms with van der Waals surface area (Å²) in [6.45, 7) is 0. The first-order valence-corrected chi connectivity index (χ1v) is 6.54. The zero-order valence-corrected chi connectivity index (χ0v) is 11.0. The van der Waals surface area contributed by atoms with Crippen LogP contribution < -0.4 is 0 Å². The van der Waals surface area contributed by atoms with Crippen LogP contribution in [-0.4, -0.2) is 5.78 Å². The Morgan fingerprint density at radius 2 is 1.50 bits per heavy atom. The molecular formula is C18H14O2. The Hall–Kier alpha value is -2.61. The van der Waals surface area contributed by atoms with Crippen molar-refractivity contribution >= 4 is 5.78 Å². The summed E-state index contributed by atoms with van der Waals surface area (Å²) in [5, 5.41) is 0. The molecule has 2 nitrogen and oxygen atoms in total. The van der Waals surface area contributed by atoms with E-state index < -0.39 is 0 Å². The highest BCUT2D eigenvalue weighted by molar-refractivity contribution is 6.07. The smallest absolute Gasteiger partial charge is 0.228 e. The van der Waals surface area contributed by atoms with Gasteiger partial charge in [-0.15, -0.1) is 0 Å². The molecule has 3 aromatic rings. The van der Waals surface area contributed by atoms with Gasteiger partial charge in [-0.05, 0) is 29.7 Å². The molecule has 2 heteroatoms. The predicted octanol–water partition coefficient (Wildman–Crippen LogP) is 4.10. The summed E-state index contributed by atoms with van der Waals surface area (Å²) in [6, 6.07) is 21.3. The van der Waals surface area contributed by atoms with E-state index in [1.54, 1.807) is 12.1 Å². The maximum absolute atomic E-state index is 12.1. The van der Waals surface area contributed by atoms with Crippen molar-refractivity contribution in [1.82, 2.24) is 0 Å². The van der Waals surface area contributed by atoms with Crippen molar-refractivity contribution in [3.63, 3.8) is 0 Å². The number of benzene rings is 2. The average molecular weight is 262 g/mol. The fourth-order valence-corrected chi connectivity index (χ4v) is 2.16. The quantitative estimate of drug-likeness (QED) is 0.662. The van der Waals surface area contributed by atoms with E-state index in [-0.39, 0.29) is 5.78 Å². The highest BCUT2D eigenvalue weighted by Crippen LogP contribution is 2.14. The fourth-order valence-electron chi connectivity index (χ4n) is 2.16. The van der Waals surface area contributed by atoms with Gasteiger partial charge in [0.25, 0.3) is 0 Å². The first kappa shape index (κ1) is 12.4. The van der Waals surface area contributed by atoms with E-state index in [0.29, 0.717) is 11.3 Å². The van der Waals surface area contributed by atoms with Gasteiger partial charge in [0.2, 0.25) is 5.78 Å². The number of rotatable bonds is 4. The summed E-state index contributed by atoms with van der Waals surface area (Å²) in [5.41, 5.74) is 3.10. The van der Waals surface area contributed by atoms with Gasteiger partial charge in [-0.2, -0.15) is 0 Å². The second kappa shape index (κ2) is 5.57. The largest absolute Gasteiger partial charge is 0.461 e. The highest BCUT2D eigenvalue weighted by Gasteiger charge is 2.11. The van der Waals surface area contributed by atoms with Crippen LogP contribution in [0.4, 0.5) is 0 Å². The summed E-state index contributed by atoms with van der Waals surface area (Å²) >= 11 is 0. The standard InChI is InChI=1S/C18H14O2/c19-18(17-7-4-12-20-17)16-10-8-15(9-11-16)13-14-5-2-1-3-6-14/h1-12H,13H2. The van der Waals surface area contributed by atoms with Crippen LogP contribution in [0.15, 0.2) is 77.4 Å². The van der Waals surface area contributed by atoms with Crippen LogP contribution in [0.1, 0.15) is 27.2 Å². The molecule has 1 heterocycles. The summed E-state index contributed by atoms with van der Waals surface area (Å²) in [5.74, 6) is 0.294. The number of carbonyl (C=O) groups is 1. The van der Waals surface area contributed by atoms with Crippen LogP contribution in [0.2, 0.25) is 0 Å². The topological polar surface area (TPSA) is 30.2 Å². The lowest BCUT2D eigenvalue weighted by Crippen LogP contribution is -1.99. The summed E-state index contributed by atoms with van der Waals surface area (Å²) in [7, 11) is 0. The molecule has 0 saturated carbocycles. The average Bonchev–Trinajstić information content (AvgIpc) is 3.03. The van der Waals surface area contributed by atoms with E-state index in [2.05, 4.69) is 12.1 Å². The van der Waals surface area contributed by atoms with Crippen LogP contribution >= 0.6 is 0 Å². The molecule has 0 aliphatic rings. The summed E-state index contributed by atoms with van der Waals surface area (Å²) in [4.78, 5) is 12.1. The molecule has 1 aromatic heterocycles. The van der Waals surface area contributed by atoms with E-state index >= 15 is 0 Å². The Kier molecular flexibility index (Phi) is 3.46. The maximum Gasteiger partial charge on any atom is 0.228 e. The van der Waals surface area contributed by atoms with Gasteiger partial charge in [-0.3, -0.25) is 4.79 Å². The number of furan rings is 1. The van der Waals surface area contributed by atoms with Crippen LogP contribution in [0.5, 0.6) is 0 Å². The molecule has 0 unspecified atom stereocenters. The SMILES string of the molecule is O=C(c1ccc(Cc2ccccc2)cc1)c1ccco1. The molecule has 0 bridgehead atoms. The minimum absolute atomic E-state index is 0.0822. The number of ketones is 1. The Balaban J connectivity index is 1.76. The molecule has 0 fully saturated rings. The molecular weight excluding hydrogens is 248 g/mol. The number of hydrogen-bond acceptors (Lipinski definition) is 2. The van der Waals surface area contributed by atoms with Gasteiger partial charge in [0.15, 0.2) is 5.76 Å². The third kappa shape index (κ3) is 2.69. The molecule has 3 rings (SSSR count). The van der Waals surface area contributed by atoms with E-state index in [4.69, 9.17) is 4.42 Å². The lowest BCUT2D eigenvalue weighted by atomic mass is 10.0. The van der Waals surface area contributed by atoms with E-state index in [1.807, 2.05) is 42.5 Å². The minimum Gasteiger partial charge on any atom is -0.461 e. The van der Waals surface area contributed by atoms with Gasteiger partial charge in [-0.25, -0.2) is 0 Å².